The maximum Gasteiger partial charge on any atom is 0.0796 e. The van der Waals surface area contributed by atoms with E-state index in [2.05, 4.69) is 52.0 Å². The first-order valence-electron chi connectivity index (χ1n) is 6.81. The molecule has 0 fully saturated rings. The Hall–Kier alpha value is -0.820. The fourth-order valence-corrected chi connectivity index (χ4v) is 2.07. The van der Waals surface area contributed by atoms with Crippen LogP contribution in [-0.4, -0.2) is 6.61 Å². The summed E-state index contributed by atoms with van der Waals surface area (Å²) in [6.45, 7) is 9.84. The standard InChI is InChI=1S/C16H26O/c1-5-9-16(13(2)3)12-17-14(4)15-10-7-6-8-11-15/h6-8,10-11,13-14,16H,5,9,12H2,1-4H3. The molecule has 0 N–H and O–H groups in total. The zero-order chi connectivity index (χ0) is 12.7. The average molecular weight is 234 g/mol. The molecule has 0 saturated heterocycles. The van der Waals surface area contributed by atoms with Crippen molar-refractivity contribution in [2.75, 3.05) is 6.61 Å². The normalized spacial score (nSPS) is 14.9. The molecule has 1 aromatic rings. The maximum absolute atomic E-state index is 6.00. The molecule has 0 radical (unpaired) electrons. The Balaban J connectivity index is 2.43. The highest BCUT2D eigenvalue weighted by Gasteiger charge is 2.14. The highest BCUT2D eigenvalue weighted by atomic mass is 16.5. The topological polar surface area (TPSA) is 9.23 Å². The van der Waals surface area contributed by atoms with Gasteiger partial charge in [-0.1, -0.05) is 57.5 Å². The molecule has 1 aromatic carbocycles. The lowest BCUT2D eigenvalue weighted by molar-refractivity contribution is 0.0254. The summed E-state index contributed by atoms with van der Waals surface area (Å²) >= 11 is 0. The number of hydrogen-bond acceptors (Lipinski definition) is 1. The van der Waals surface area contributed by atoms with E-state index in [0.717, 1.165) is 6.61 Å². The van der Waals surface area contributed by atoms with Crippen LogP contribution in [0.25, 0.3) is 0 Å². The second kappa shape index (κ2) is 7.50. The summed E-state index contributed by atoms with van der Waals surface area (Å²) in [5, 5.41) is 0. The Morgan fingerprint density at radius 3 is 2.24 bits per heavy atom. The smallest absolute Gasteiger partial charge is 0.0796 e. The molecule has 1 nitrogen and oxygen atoms in total. The summed E-state index contributed by atoms with van der Waals surface area (Å²) in [7, 11) is 0. The zero-order valence-electron chi connectivity index (χ0n) is 11.6. The van der Waals surface area contributed by atoms with E-state index in [1.807, 2.05) is 6.07 Å². The van der Waals surface area contributed by atoms with E-state index >= 15 is 0 Å². The molecule has 2 unspecified atom stereocenters. The number of hydrogen-bond donors (Lipinski definition) is 0. The third-order valence-corrected chi connectivity index (χ3v) is 3.43. The van der Waals surface area contributed by atoms with Crippen LogP contribution in [0.5, 0.6) is 0 Å². The van der Waals surface area contributed by atoms with Crippen LogP contribution in [0.1, 0.15) is 52.2 Å². The second-order valence-electron chi connectivity index (χ2n) is 5.18. The van der Waals surface area contributed by atoms with Gasteiger partial charge in [0.05, 0.1) is 12.7 Å². The van der Waals surface area contributed by atoms with Gasteiger partial charge in [-0.2, -0.15) is 0 Å². The predicted molar refractivity (Wildman–Crippen MR) is 74.0 cm³/mol. The van der Waals surface area contributed by atoms with Gasteiger partial charge in [0.1, 0.15) is 0 Å². The fraction of sp³-hybridized carbons (Fsp3) is 0.625. The van der Waals surface area contributed by atoms with Gasteiger partial charge in [-0.25, -0.2) is 0 Å². The quantitative estimate of drug-likeness (QED) is 0.656. The van der Waals surface area contributed by atoms with Gasteiger partial charge in [-0.3, -0.25) is 0 Å². The Morgan fingerprint density at radius 1 is 1.06 bits per heavy atom. The summed E-state index contributed by atoms with van der Waals surface area (Å²) in [4.78, 5) is 0. The molecule has 0 aliphatic heterocycles. The van der Waals surface area contributed by atoms with Crippen molar-refractivity contribution < 1.29 is 4.74 Å². The van der Waals surface area contributed by atoms with Crippen LogP contribution in [0, 0.1) is 11.8 Å². The van der Waals surface area contributed by atoms with Gasteiger partial charge in [-0.15, -0.1) is 0 Å². The van der Waals surface area contributed by atoms with Crippen molar-refractivity contribution in [3.8, 4) is 0 Å². The molecule has 0 heterocycles. The fourth-order valence-electron chi connectivity index (χ4n) is 2.07. The lowest BCUT2D eigenvalue weighted by Gasteiger charge is -2.23. The zero-order valence-corrected chi connectivity index (χ0v) is 11.6. The Bertz CT molecular complexity index is 292. The number of ether oxygens (including phenoxy) is 1. The van der Waals surface area contributed by atoms with Gasteiger partial charge in [0.2, 0.25) is 0 Å². The largest absolute Gasteiger partial charge is 0.374 e. The molecular formula is C16H26O. The second-order valence-corrected chi connectivity index (χ2v) is 5.18. The van der Waals surface area contributed by atoms with Crippen molar-refractivity contribution in [3.05, 3.63) is 35.9 Å². The Kier molecular flexibility index (Phi) is 6.28. The lowest BCUT2D eigenvalue weighted by Crippen LogP contribution is -2.17. The first kappa shape index (κ1) is 14.2. The van der Waals surface area contributed by atoms with Crippen molar-refractivity contribution in [1.82, 2.24) is 0 Å². The molecule has 0 aliphatic rings. The van der Waals surface area contributed by atoms with E-state index in [1.165, 1.54) is 18.4 Å². The third kappa shape index (κ3) is 4.91. The minimum atomic E-state index is 0.203. The predicted octanol–water partition coefficient (Wildman–Crippen LogP) is 4.84. The van der Waals surface area contributed by atoms with Crippen LogP contribution in [0.4, 0.5) is 0 Å². The molecule has 1 rings (SSSR count). The van der Waals surface area contributed by atoms with E-state index in [-0.39, 0.29) is 6.10 Å². The SMILES string of the molecule is CCCC(COC(C)c1ccccc1)C(C)C. The van der Waals surface area contributed by atoms with Crippen molar-refractivity contribution in [2.24, 2.45) is 11.8 Å². The highest BCUT2D eigenvalue weighted by Crippen LogP contribution is 2.22. The molecule has 1 heteroatoms. The van der Waals surface area contributed by atoms with Gasteiger partial charge in [-0.05, 0) is 30.7 Å². The maximum atomic E-state index is 6.00. The summed E-state index contributed by atoms with van der Waals surface area (Å²) in [6.07, 6.45) is 2.71. The van der Waals surface area contributed by atoms with Gasteiger partial charge in [0.15, 0.2) is 0 Å². The van der Waals surface area contributed by atoms with Gasteiger partial charge < -0.3 is 4.74 Å². The van der Waals surface area contributed by atoms with Crippen molar-refractivity contribution in [2.45, 2.75) is 46.6 Å². The molecule has 2 atom stereocenters. The Labute approximate surface area is 106 Å². The highest BCUT2D eigenvalue weighted by molar-refractivity contribution is 5.16. The third-order valence-electron chi connectivity index (χ3n) is 3.43. The average Bonchev–Trinajstić information content (AvgIpc) is 2.34. The molecule has 96 valence electrons. The van der Waals surface area contributed by atoms with E-state index < -0.39 is 0 Å². The molecule has 17 heavy (non-hydrogen) atoms. The summed E-state index contributed by atoms with van der Waals surface area (Å²) in [5.41, 5.74) is 1.27. The number of benzene rings is 1. The van der Waals surface area contributed by atoms with E-state index in [4.69, 9.17) is 4.74 Å². The molecule has 0 saturated carbocycles. The summed E-state index contributed by atoms with van der Waals surface area (Å²) in [5.74, 6) is 1.39. The molecular weight excluding hydrogens is 208 g/mol. The molecule has 0 spiro atoms. The van der Waals surface area contributed by atoms with Crippen molar-refractivity contribution in [1.29, 1.82) is 0 Å². The van der Waals surface area contributed by atoms with Crippen molar-refractivity contribution >= 4 is 0 Å². The van der Waals surface area contributed by atoms with Crippen LogP contribution in [0.15, 0.2) is 30.3 Å². The van der Waals surface area contributed by atoms with Crippen molar-refractivity contribution in [3.63, 3.8) is 0 Å². The lowest BCUT2D eigenvalue weighted by atomic mass is 9.92. The van der Waals surface area contributed by atoms with Gasteiger partial charge >= 0.3 is 0 Å². The van der Waals surface area contributed by atoms with Crippen LogP contribution in [0.2, 0.25) is 0 Å². The Morgan fingerprint density at radius 2 is 1.71 bits per heavy atom. The summed E-state index contributed by atoms with van der Waals surface area (Å²) in [6, 6.07) is 10.5. The van der Waals surface area contributed by atoms with Crippen LogP contribution in [-0.2, 0) is 4.74 Å². The minimum Gasteiger partial charge on any atom is -0.374 e. The molecule has 0 aliphatic carbocycles. The summed E-state index contributed by atoms with van der Waals surface area (Å²) < 4.78 is 6.00. The van der Waals surface area contributed by atoms with Crippen LogP contribution in [0.3, 0.4) is 0 Å². The van der Waals surface area contributed by atoms with Crippen LogP contribution < -0.4 is 0 Å². The molecule has 0 amide bonds. The monoisotopic (exact) mass is 234 g/mol. The van der Waals surface area contributed by atoms with E-state index in [9.17, 15) is 0 Å². The number of rotatable bonds is 7. The minimum absolute atomic E-state index is 0.203. The van der Waals surface area contributed by atoms with E-state index in [0.29, 0.717) is 11.8 Å². The molecule has 0 aromatic heterocycles. The van der Waals surface area contributed by atoms with E-state index in [1.54, 1.807) is 0 Å². The first-order chi connectivity index (χ1) is 8.15. The van der Waals surface area contributed by atoms with Gasteiger partial charge in [0.25, 0.3) is 0 Å². The molecule has 0 bridgehead atoms. The first-order valence-corrected chi connectivity index (χ1v) is 6.81. The van der Waals surface area contributed by atoms with Crippen LogP contribution >= 0.6 is 0 Å². The van der Waals surface area contributed by atoms with Gasteiger partial charge in [0, 0.05) is 0 Å².